The number of amides is 2. The summed E-state index contributed by atoms with van der Waals surface area (Å²) >= 11 is 0. The number of likely N-dealkylation sites (N-methyl/N-ethyl adjacent to an activating group) is 2. The lowest BCUT2D eigenvalue weighted by atomic mass is 9.99. The number of carbonyl (C=O) groups is 2. The van der Waals surface area contributed by atoms with Gasteiger partial charge in [0.05, 0.1) is 0 Å². The average molecular weight is 210 g/mol. The fraction of sp³-hybridized carbons (Fsp3) is 0.636. The minimum absolute atomic E-state index is 0.0456. The Morgan fingerprint density at radius 2 is 1.87 bits per heavy atom. The highest BCUT2D eigenvalue weighted by atomic mass is 16.2. The van der Waals surface area contributed by atoms with Gasteiger partial charge in [0.15, 0.2) is 0 Å². The number of nitrogens with zero attached hydrogens (tertiary/aromatic N) is 2. The van der Waals surface area contributed by atoms with Crippen molar-refractivity contribution in [3.05, 3.63) is 12.3 Å². The first kappa shape index (κ1) is 11.8. The molecule has 0 radical (unpaired) electrons. The number of piperazine rings is 1. The van der Waals surface area contributed by atoms with Crippen LogP contribution in [0.25, 0.3) is 0 Å². The van der Waals surface area contributed by atoms with Crippen molar-refractivity contribution in [1.29, 1.82) is 0 Å². The second-order valence-electron chi connectivity index (χ2n) is 4.41. The van der Waals surface area contributed by atoms with Gasteiger partial charge in [0.1, 0.15) is 11.7 Å². The average Bonchev–Trinajstić information content (AvgIpc) is 2.18. The van der Waals surface area contributed by atoms with Crippen molar-refractivity contribution < 1.29 is 9.59 Å². The van der Waals surface area contributed by atoms with Crippen LogP contribution in [-0.2, 0) is 9.59 Å². The van der Waals surface area contributed by atoms with Crippen LogP contribution in [0.15, 0.2) is 12.3 Å². The van der Waals surface area contributed by atoms with Crippen LogP contribution in [0.3, 0.4) is 0 Å². The Kier molecular flexibility index (Phi) is 3.17. The smallest absolute Gasteiger partial charge is 0.270 e. The van der Waals surface area contributed by atoms with Gasteiger partial charge in [-0.3, -0.25) is 9.59 Å². The monoisotopic (exact) mass is 210 g/mol. The van der Waals surface area contributed by atoms with Crippen LogP contribution in [0.2, 0.25) is 0 Å². The van der Waals surface area contributed by atoms with Gasteiger partial charge >= 0.3 is 0 Å². The first-order valence-electron chi connectivity index (χ1n) is 5.10. The molecule has 0 N–H and O–H groups in total. The highest BCUT2D eigenvalue weighted by Crippen LogP contribution is 2.21. The van der Waals surface area contributed by atoms with E-state index in [4.69, 9.17) is 0 Å². The molecule has 1 fully saturated rings. The number of rotatable bonds is 2. The molecule has 0 aromatic heterocycles. The van der Waals surface area contributed by atoms with Crippen LogP contribution in [0.5, 0.6) is 0 Å². The van der Waals surface area contributed by atoms with Gasteiger partial charge < -0.3 is 9.80 Å². The molecule has 0 spiro atoms. The fourth-order valence-corrected chi connectivity index (χ4v) is 1.72. The molecule has 0 aromatic carbocycles. The van der Waals surface area contributed by atoms with Crippen molar-refractivity contribution in [2.24, 2.45) is 5.92 Å². The summed E-state index contributed by atoms with van der Waals surface area (Å²) in [6.45, 7) is 7.68. The Balaban J connectivity index is 2.92. The standard InChI is InChI=1S/C11H18N2O2/c1-7(2)6-9-11(15)12(4)8(3)10(14)13(9)5/h7,9H,3,6H2,1-2,4-5H3. The largest absolute Gasteiger partial charge is 0.328 e. The van der Waals surface area contributed by atoms with Gasteiger partial charge in [-0.05, 0) is 12.3 Å². The second kappa shape index (κ2) is 4.04. The van der Waals surface area contributed by atoms with Gasteiger partial charge in [-0.1, -0.05) is 20.4 Å². The van der Waals surface area contributed by atoms with E-state index in [1.54, 1.807) is 14.1 Å². The summed E-state index contributed by atoms with van der Waals surface area (Å²) in [5.74, 6) is 0.174. The fourth-order valence-electron chi connectivity index (χ4n) is 1.72. The second-order valence-corrected chi connectivity index (χ2v) is 4.41. The highest BCUT2D eigenvalue weighted by Gasteiger charge is 2.38. The van der Waals surface area contributed by atoms with Gasteiger partial charge in [-0.25, -0.2) is 0 Å². The van der Waals surface area contributed by atoms with Crippen molar-refractivity contribution in [2.45, 2.75) is 26.3 Å². The molecule has 2 amide bonds. The minimum atomic E-state index is -0.340. The van der Waals surface area contributed by atoms with Gasteiger partial charge in [-0.2, -0.15) is 0 Å². The van der Waals surface area contributed by atoms with Crippen LogP contribution in [-0.4, -0.2) is 41.8 Å². The molecule has 15 heavy (non-hydrogen) atoms. The lowest BCUT2D eigenvalue weighted by Gasteiger charge is -2.38. The molecule has 0 aromatic rings. The Bertz CT molecular complexity index is 310. The third-order valence-electron chi connectivity index (χ3n) is 2.75. The predicted octanol–water partition coefficient (Wildman–Crippen LogP) is 0.845. The van der Waals surface area contributed by atoms with Gasteiger partial charge in [0, 0.05) is 14.1 Å². The van der Waals surface area contributed by atoms with Crippen molar-refractivity contribution >= 4 is 11.8 Å². The molecule has 1 saturated heterocycles. The van der Waals surface area contributed by atoms with Crippen LogP contribution in [0, 0.1) is 5.92 Å². The zero-order valence-corrected chi connectivity index (χ0v) is 9.78. The molecular weight excluding hydrogens is 192 g/mol. The zero-order valence-electron chi connectivity index (χ0n) is 9.78. The van der Waals surface area contributed by atoms with Gasteiger partial charge in [0.2, 0.25) is 5.91 Å². The summed E-state index contributed by atoms with van der Waals surface area (Å²) in [7, 11) is 3.26. The Labute approximate surface area is 90.5 Å². The van der Waals surface area contributed by atoms with E-state index >= 15 is 0 Å². The van der Waals surface area contributed by atoms with Crippen molar-refractivity contribution in [2.75, 3.05) is 14.1 Å². The third-order valence-corrected chi connectivity index (χ3v) is 2.75. The number of hydrogen-bond acceptors (Lipinski definition) is 2. The van der Waals surface area contributed by atoms with Crippen molar-refractivity contribution in [1.82, 2.24) is 9.80 Å². The molecule has 1 unspecified atom stereocenters. The van der Waals surface area contributed by atoms with Crippen LogP contribution < -0.4 is 0 Å². The van der Waals surface area contributed by atoms with E-state index in [0.717, 1.165) is 0 Å². The normalized spacial score (nSPS) is 23.0. The molecule has 1 heterocycles. The predicted molar refractivity (Wildman–Crippen MR) is 57.9 cm³/mol. The van der Waals surface area contributed by atoms with Crippen LogP contribution in [0.1, 0.15) is 20.3 Å². The molecule has 1 atom stereocenters. The maximum absolute atomic E-state index is 11.9. The minimum Gasteiger partial charge on any atom is -0.328 e. The lowest BCUT2D eigenvalue weighted by molar-refractivity contribution is -0.148. The highest BCUT2D eigenvalue weighted by molar-refractivity contribution is 6.03. The summed E-state index contributed by atoms with van der Waals surface area (Å²) in [6.07, 6.45) is 0.693. The number of hydrogen-bond donors (Lipinski definition) is 0. The third kappa shape index (κ3) is 2.03. The van der Waals surface area contributed by atoms with E-state index < -0.39 is 0 Å². The SMILES string of the molecule is C=C1C(=O)N(C)C(CC(C)C)C(=O)N1C. The van der Waals surface area contributed by atoms with Gasteiger partial charge in [0.25, 0.3) is 5.91 Å². The molecular formula is C11H18N2O2. The molecule has 1 rings (SSSR count). The molecule has 4 nitrogen and oxygen atoms in total. The molecule has 1 aliphatic rings. The van der Waals surface area contributed by atoms with E-state index in [9.17, 15) is 9.59 Å². The number of carbonyl (C=O) groups excluding carboxylic acids is 2. The first-order chi connectivity index (χ1) is 6.86. The Morgan fingerprint density at radius 1 is 1.33 bits per heavy atom. The van der Waals surface area contributed by atoms with Gasteiger partial charge in [-0.15, -0.1) is 0 Å². The quantitative estimate of drug-likeness (QED) is 0.634. The molecule has 0 saturated carbocycles. The van der Waals surface area contributed by atoms with E-state index in [-0.39, 0.29) is 23.6 Å². The van der Waals surface area contributed by atoms with Crippen LogP contribution >= 0.6 is 0 Å². The maximum Gasteiger partial charge on any atom is 0.270 e. The molecule has 4 heteroatoms. The maximum atomic E-state index is 11.9. The van der Waals surface area contributed by atoms with Crippen LogP contribution in [0.4, 0.5) is 0 Å². The van der Waals surface area contributed by atoms with E-state index in [1.807, 2.05) is 13.8 Å². The zero-order chi connectivity index (χ0) is 11.7. The lowest BCUT2D eigenvalue weighted by Crippen LogP contribution is -2.55. The Morgan fingerprint density at radius 3 is 2.33 bits per heavy atom. The topological polar surface area (TPSA) is 40.6 Å². The molecule has 0 aliphatic carbocycles. The van der Waals surface area contributed by atoms with Crippen molar-refractivity contribution in [3.63, 3.8) is 0 Å². The summed E-state index contributed by atoms with van der Waals surface area (Å²) in [5.41, 5.74) is 0.252. The first-order valence-corrected chi connectivity index (χ1v) is 5.10. The molecule has 84 valence electrons. The summed E-state index contributed by atoms with van der Waals surface area (Å²) in [5, 5.41) is 0. The summed E-state index contributed by atoms with van der Waals surface area (Å²) in [4.78, 5) is 26.5. The van der Waals surface area contributed by atoms with E-state index in [2.05, 4.69) is 6.58 Å². The molecule has 1 aliphatic heterocycles. The summed E-state index contributed by atoms with van der Waals surface area (Å²) in [6, 6.07) is -0.340. The van der Waals surface area contributed by atoms with E-state index in [1.165, 1.54) is 9.80 Å². The Hall–Kier alpha value is -1.32. The van der Waals surface area contributed by atoms with E-state index in [0.29, 0.717) is 12.3 Å². The summed E-state index contributed by atoms with van der Waals surface area (Å²) < 4.78 is 0. The van der Waals surface area contributed by atoms with Crippen molar-refractivity contribution in [3.8, 4) is 0 Å². The molecule has 0 bridgehead atoms.